The quantitative estimate of drug-likeness (QED) is 0.560. The summed E-state index contributed by atoms with van der Waals surface area (Å²) in [6.45, 7) is 1.61. The van der Waals surface area contributed by atoms with Crippen LogP contribution in [0.25, 0.3) is 5.82 Å². The van der Waals surface area contributed by atoms with Crippen LogP contribution in [0.1, 0.15) is 57.9 Å². The Labute approximate surface area is 197 Å². The third-order valence-corrected chi connectivity index (χ3v) is 5.64. The van der Waals surface area contributed by atoms with Crippen molar-refractivity contribution in [2.24, 2.45) is 0 Å². The van der Waals surface area contributed by atoms with E-state index in [0.29, 0.717) is 17.2 Å². The fraction of sp³-hybridized carbons (Fsp3) is 0.318. The molecular formula is C22H20ClF3N6O2. The maximum Gasteiger partial charge on any atom is 0.416 e. The number of nitrogens with one attached hydrogen (secondary N) is 1. The summed E-state index contributed by atoms with van der Waals surface area (Å²) in [5.74, 6) is -0.220. The lowest BCUT2D eigenvalue weighted by atomic mass is 10.1. The van der Waals surface area contributed by atoms with Crippen molar-refractivity contribution in [1.29, 1.82) is 0 Å². The van der Waals surface area contributed by atoms with E-state index in [9.17, 15) is 22.8 Å². The van der Waals surface area contributed by atoms with E-state index in [1.165, 1.54) is 17.2 Å². The van der Waals surface area contributed by atoms with Gasteiger partial charge in [-0.25, -0.2) is 9.97 Å². The van der Waals surface area contributed by atoms with Gasteiger partial charge in [-0.3, -0.25) is 9.59 Å². The highest BCUT2D eigenvalue weighted by Gasteiger charge is 2.32. The van der Waals surface area contributed by atoms with Gasteiger partial charge < -0.3 is 10.2 Å². The fourth-order valence-corrected chi connectivity index (χ4v) is 3.66. The molecule has 1 N–H and O–H groups in total. The number of nitrogens with zero attached hydrogens (tertiary/aromatic N) is 5. The molecule has 1 fully saturated rings. The molecule has 0 bridgehead atoms. The van der Waals surface area contributed by atoms with Crippen LogP contribution in [0.4, 0.5) is 13.2 Å². The van der Waals surface area contributed by atoms with E-state index >= 15 is 0 Å². The Morgan fingerprint density at radius 2 is 1.91 bits per heavy atom. The summed E-state index contributed by atoms with van der Waals surface area (Å²) in [6, 6.07) is 5.41. The van der Waals surface area contributed by atoms with Crippen molar-refractivity contribution >= 4 is 23.4 Å². The van der Waals surface area contributed by atoms with Gasteiger partial charge in [0, 0.05) is 29.9 Å². The Kier molecular flexibility index (Phi) is 6.30. The monoisotopic (exact) mass is 492 g/mol. The van der Waals surface area contributed by atoms with Gasteiger partial charge in [0.05, 0.1) is 17.2 Å². The van der Waals surface area contributed by atoms with Gasteiger partial charge in [0.2, 0.25) is 0 Å². The molecule has 0 aliphatic heterocycles. The second-order valence-electron chi connectivity index (χ2n) is 8.00. The summed E-state index contributed by atoms with van der Waals surface area (Å²) < 4.78 is 40.6. The van der Waals surface area contributed by atoms with Crippen molar-refractivity contribution in [1.82, 2.24) is 30.0 Å². The highest BCUT2D eigenvalue weighted by molar-refractivity contribution is 6.31. The lowest BCUT2D eigenvalue weighted by Crippen LogP contribution is -2.29. The Balaban J connectivity index is 1.51. The maximum atomic E-state index is 13.1. The standard InChI is InChI=1S/C22H20ClF3N6O2/c1-12(30-20(33)14-7-15(22(24,25)26)9-16(23)8-14)19-28-11-29-32(19)18-6-3-13(10-27-18)21(34)31(2)17-4-5-17/h3,6-12,17H,4-5H2,1-2H3,(H,30,33). The van der Waals surface area contributed by atoms with Crippen molar-refractivity contribution in [2.45, 2.75) is 38.0 Å². The number of alkyl halides is 3. The number of rotatable bonds is 6. The number of carbonyl (C=O) groups excluding carboxylic acids is 2. The summed E-state index contributed by atoms with van der Waals surface area (Å²) in [4.78, 5) is 35.2. The maximum absolute atomic E-state index is 13.1. The number of carbonyl (C=O) groups is 2. The minimum atomic E-state index is -4.64. The minimum absolute atomic E-state index is 0.124. The average Bonchev–Trinajstić information content (AvgIpc) is 3.53. The summed E-state index contributed by atoms with van der Waals surface area (Å²) in [7, 11) is 1.76. The molecule has 0 radical (unpaired) electrons. The van der Waals surface area contributed by atoms with Crippen molar-refractivity contribution < 1.29 is 22.8 Å². The molecule has 1 aromatic carbocycles. The van der Waals surface area contributed by atoms with Gasteiger partial charge in [0.25, 0.3) is 11.8 Å². The highest BCUT2D eigenvalue weighted by atomic mass is 35.5. The van der Waals surface area contributed by atoms with E-state index < -0.39 is 23.7 Å². The van der Waals surface area contributed by atoms with E-state index in [1.807, 2.05) is 0 Å². The number of hydrogen-bond donors (Lipinski definition) is 1. The molecule has 2 aromatic heterocycles. The molecule has 1 aliphatic rings. The van der Waals surface area contributed by atoms with Crippen LogP contribution in [0.15, 0.2) is 42.9 Å². The summed E-state index contributed by atoms with van der Waals surface area (Å²) in [6.07, 6.45) is 0.0494. The molecule has 1 aliphatic carbocycles. The van der Waals surface area contributed by atoms with E-state index in [0.717, 1.165) is 31.0 Å². The molecule has 1 unspecified atom stereocenters. The second kappa shape index (κ2) is 9.05. The minimum Gasteiger partial charge on any atom is -0.342 e. The molecule has 2 heterocycles. The topological polar surface area (TPSA) is 93.0 Å². The smallest absolute Gasteiger partial charge is 0.342 e. The van der Waals surface area contributed by atoms with Crippen molar-refractivity contribution in [3.8, 4) is 5.82 Å². The van der Waals surface area contributed by atoms with E-state index in [2.05, 4.69) is 20.4 Å². The van der Waals surface area contributed by atoms with E-state index in [1.54, 1.807) is 31.0 Å². The van der Waals surface area contributed by atoms with Gasteiger partial charge in [-0.1, -0.05) is 11.6 Å². The fourth-order valence-electron chi connectivity index (χ4n) is 3.42. The van der Waals surface area contributed by atoms with Gasteiger partial charge in [-0.15, -0.1) is 0 Å². The number of halogens is 4. The van der Waals surface area contributed by atoms with Crippen molar-refractivity contribution in [3.63, 3.8) is 0 Å². The first-order chi connectivity index (χ1) is 16.0. The largest absolute Gasteiger partial charge is 0.416 e. The van der Waals surface area contributed by atoms with E-state index in [4.69, 9.17) is 11.6 Å². The van der Waals surface area contributed by atoms with Crippen LogP contribution in [0, 0.1) is 0 Å². The molecule has 4 rings (SSSR count). The summed E-state index contributed by atoms with van der Waals surface area (Å²) >= 11 is 5.77. The zero-order valence-corrected chi connectivity index (χ0v) is 18.9. The lowest BCUT2D eigenvalue weighted by molar-refractivity contribution is -0.137. The van der Waals surface area contributed by atoms with Crippen LogP contribution in [0.2, 0.25) is 5.02 Å². The Morgan fingerprint density at radius 1 is 1.18 bits per heavy atom. The van der Waals surface area contributed by atoms with Gasteiger partial charge >= 0.3 is 6.18 Å². The SMILES string of the molecule is CC(NC(=O)c1cc(Cl)cc(C(F)(F)F)c1)c1ncnn1-c1ccc(C(=O)N(C)C2CC2)cn1. The average molecular weight is 493 g/mol. The summed E-state index contributed by atoms with van der Waals surface area (Å²) in [5.41, 5.74) is -0.826. The molecule has 2 amide bonds. The first kappa shape index (κ1) is 23.7. The third kappa shape index (κ3) is 5.04. The normalized spacial score (nSPS) is 14.5. The van der Waals surface area contributed by atoms with Gasteiger partial charge in [-0.2, -0.15) is 23.0 Å². The van der Waals surface area contributed by atoms with Gasteiger partial charge in [-0.05, 0) is 50.1 Å². The Morgan fingerprint density at radius 3 is 2.53 bits per heavy atom. The number of aromatic nitrogens is 4. The van der Waals surface area contributed by atoms with E-state index in [-0.39, 0.29) is 22.5 Å². The zero-order chi connectivity index (χ0) is 24.6. The van der Waals surface area contributed by atoms with Crippen LogP contribution in [0.3, 0.4) is 0 Å². The molecule has 12 heteroatoms. The third-order valence-electron chi connectivity index (χ3n) is 5.42. The van der Waals surface area contributed by atoms with Crippen molar-refractivity contribution in [2.75, 3.05) is 7.05 Å². The molecule has 0 saturated heterocycles. The summed E-state index contributed by atoms with van der Waals surface area (Å²) in [5, 5.41) is 6.52. The molecule has 8 nitrogen and oxygen atoms in total. The van der Waals surface area contributed by atoms with Crippen molar-refractivity contribution in [3.05, 3.63) is 70.4 Å². The number of amides is 2. The number of benzene rings is 1. The molecule has 0 spiro atoms. The van der Waals surface area contributed by atoms with Gasteiger partial charge in [0.1, 0.15) is 6.33 Å². The second-order valence-corrected chi connectivity index (χ2v) is 8.44. The molecule has 3 aromatic rings. The first-order valence-electron chi connectivity index (χ1n) is 10.4. The van der Waals surface area contributed by atoms with Crippen LogP contribution in [-0.4, -0.2) is 49.6 Å². The van der Waals surface area contributed by atoms with Gasteiger partial charge in [0.15, 0.2) is 11.6 Å². The highest BCUT2D eigenvalue weighted by Crippen LogP contribution is 2.32. The van der Waals surface area contributed by atoms with Crippen LogP contribution in [-0.2, 0) is 6.18 Å². The Hall–Kier alpha value is -3.47. The molecular weight excluding hydrogens is 473 g/mol. The predicted molar refractivity (Wildman–Crippen MR) is 117 cm³/mol. The lowest BCUT2D eigenvalue weighted by Gasteiger charge is -2.17. The predicted octanol–water partition coefficient (Wildman–Crippen LogP) is 4.06. The first-order valence-corrected chi connectivity index (χ1v) is 10.7. The number of hydrogen-bond acceptors (Lipinski definition) is 5. The molecule has 1 atom stereocenters. The molecule has 1 saturated carbocycles. The number of pyridine rings is 1. The van der Waals surface area contributed by atoms with Crippen LogP contribution >= 0.6 is 11.6 Å². The Bertz CT molecular complexity index is 1220. The van der Waals surface area contributed by atoms with Crippen LogP contribution < -0.4 is 5.32 Å². The molecule has 34 heavy (non-hydrogen) atoms. The van der Waals surface area contributed by atoms with Crippen LogP contribution in [0.5, 0.6) is 0 Å². The molecule has 178 valence electrons. The zero-order valence-electron chi connectivity index (χ0n) is 18.2.